The number of carbonyl (C=O) groups is 1. The first kappa shape index (κ1) is 19.4. The minimum Gasteiger partial charge on any atom is -0.454 e. The number of benzene rings is 1. The first-order valence-corrected chi connectivity index (χ1v) is 9.18. The Balaban J connectivity index is 1.40. The summed E-state index contributed by atoms with van der Waals surface area (Å²) in [6.45, 7) is 0.681. The minimum absolute atomic E-state index is 0.114. The Morgan fingerprint density at radius 3 is 2.67 bits per heavy atom. The van der Waals surface area contributed by atoms with Crippen molar-refractivity contribution >= 4 is 28.9 Å². The van der Waals surface area contributed by atoms with Crippen LogP contribution in [-0.4, -0.2) is 30.4 Å². The highest BCUT2D eigenvalue weighted by Crippen LogP contribution is 2.17. The number of anilines is 1. The predicted octanol–water partition coefficient (Wildman–Crippen LogP) is 3.58. The number of nitrogens with one attached hydrogen (secondary N) is 1. The number of nitro groups is 1. The lowest BCUT2D eigenvalue weighted by Crippen LogP contribution is -2.11. The molecule has 4 aromatic rings. The van der Waals surface area contributed by atoms with Gasteiger partial charge in [0.15, 0.2) is 5.76 Å². The Hall–Kier alpha value is -3.92. The second-order valence-electron chi connectivity index (χ2n) is 6.43. The molecule has 0 saturated heterocycles. The van der Waals surface area contributed by atoms with Gasteiger partial charge in [-0.2, -0.15) is 10.2 Å². The number of hydrogen-bond donors (Lipinski definition) is 1. The van der Waals surface area contributed by atoms with Crippen LogP contribution in [0, 0.1) is 10.1 Å². The van der Waals surface area contributed by atoms with Gasteiger partial charge in [0.05, 0.1) is 29.2 Å². The van der Waals surface area contributed by atoms with Crippen molar-refractivity contribution in [1.82, 2.24) is 19.6 Å². The first-order chi connectivity index (χ1) is 14.5. The summed E-state index contributed by atoms with van der Waals surface area (Å²) < 4.78 is 8.61. The molecule has 4 rings (SSSR count). The van der Waals surface area contributed by atoms with Gasteiger partial charge in [-0.05, 0) is 29.8 Å². The maximum atomic E-state index is 12.5. The molecule has 0 radical (unpaired) electrons. The fourth-order valence-corrected chi connectivity index (χ4v) is 2.99. The summed E-state index contributed by atoms with van der Waals surface area (Å²) in [6, 6.07) is 10.5. The molecule has 0 saturated carbocycles. The fourth-order valence-electron chi connectivity index (χ4n) is 2.83. The van der Waals surface area contributed by atoms with Gasteiger partial charge in [-0.3, -0.25) is 24.3 Å². The van der Waals surface area contributed by atoms with Crippen molar-refractivity contribution in [2.45, 2.75) is 13.1 Å². The van der Waals surface area contributed by atoms with E-state index >= 15 is 0 Å². The van der Waals surface area contributed by atoms with Crippen LogP contribution in [-0.2, 0) is 13.1 Å². The molecule has 152 valence electrons. The molecule has 0 atom stereocenters. The zero-order valence-electron chi connectivity index (χ0n) is 15.4. The van der Waals surface area contributed by atoms with Gasteiger partial charge in [-0.25, -0.2) is 0 Å². The van der Waals surface area contributed by atoms with Crippen molar-refractivity contribution in [2.24, 2.45) is 0 Å². The van der Waals surface area contributed by atoms with Gasteiger partial charge < -0.3 is 9.73 Å². The molecule has 1 N–H and O–H groups in total. The predicted molar refractivity (Wildman–Crippen MR) is 107 cm³/mol. The van der Waals surface area contributed by atoms with Crippen LogP contribution in [0.3, 0.4) is 0 Å². The van der Waals surface area contributed by atoms with Gasteiger partial charge in [0.25, 0.3) is 5.91 Å². The topological polar surface area (TPSA) is 121 Å². The molecule has 1 aromatic carbocycles. The molecule has 0 aliphatic rings. The largest absolute Gasteiger partial charge is 0.454 e. The molecule has 3 aromatic heterocycles. The zero-order valence-corrected chi connectivity index (χ0v) is 16.2. The SMILES string of the molecule is O=C(Nc1cccc(Cn2cc(Cl)cn2)c1)c1ccc(Cn2cc([N+](=O)[O-])cn2)o1. The van der Waals surface area contributed by atoms with Crippen LogP contribution in [0.4, 0.5) is 11.4 Å². The second-order valence-corrected chi connectivity index (χ2v) is 6.87. The zero-order chi connectivity index (χ0) is 21.1. The number of aromatic nitrogens is 4. The van der Waals surface area contributed by atoms with Gasteiger partial charge >= 0.3 is 5.69 Å². The Morgan fingerprint density at radius 1 is 1.13 bits per heavy atom. The lowest BCUT2D eigenvalue weighted by atomic mass is 10.2. The van der Waals surface area contributed by atoms with Crippen molar-refractivity contribution in [1.29, 1.82) is 0 Å². The first-order valence-electron chi connectivity index (χ1n) is 8.80. The van der Waals surface area contributed by atoms with E-state index in [4.69, 9.17) is 16.0 Å². The van der Waals surface area contributed by atoms with Gasteiger partial charge in [0.2, 0.25) is 0 Å². The van der Waals surface area contributed by atoms with E-state index in [1.807, 2.05) is 18.2 Å². The lowest BCUT2D eigenvalue weighted by Gasteiger charge is -2.07. The number of hydrogen-bond acceptors (Lipinski definition) is 6. The van der Waals surface area contributed by atoms with E-state index in [-0.39, 0.29) is 18.0 Å². The molecule has 0 aliphatic heterocycles. The number of furan rings is 1. The van der Waals surface area contributed by atoms with Crippen LogP contribution in [0.1, 0.15) is 21.9 Å². The third-order valence-corrected chi connectivity index (χ3v) is 4.36. The number of carbonyl (C=O) groups excluding carboxylic acids is 1. The minimum atomic E-state index is -0.528. The van der Waals surface area contributed by atoms with Crippen molar-refractivity contribution in [3.8, 4) is 0 Å². The third-order valence-electron chi connectivity index (χ3n) is 4.16. The van der Waals surface area contributed by atoms with Gasteiger partial charge in [-0.1, -0.05) is 23.7 Å². The Labute approximate surface area is 174 Å². The number of nitrogens with zero attached hydrogens (tertiary/aromatic N) is 5. The highest BCUT2D eigenvalue weighted by molar-refractivity contribution is 6.30. The maximum absolute atomic E-state index is 12.5. The smallest absolute Gasteiger partial charge is 0.307 e. The molecule has 1 amide bonds. The van der Waals surface area contributed by atoms with E-state index in [9.17, 15) is 14.9 Å². The van der Waals surface area contributed by atoms with Gasteiger partial charge in [-0.15, -0.1) is 0 Å². The van der Waals surface area contributed by atoms with Crippen molar-refractivity contribution in [2.75, 3.05) is 5.32 Å². The molecule has 30 heavy (non-hydrogen) atoms. The monoisotopic (exact) mass is 426 g/mol. The number of halogens is 1. The molecular formula is C19H15ClN6O4. The third kappa shape index (κ3) is 4.55. The van der Waals surface area contributed by atoms with Crippen molar-refractivity contribution in [3.05, 3.63) is 93.4 Å². The molecule has 0 unspecified atom stereocenters. The van der Waals surface area contributed by atoms with E-state index in [1.54, 1.807) is 29.2 Å². The molecule has 11 heteroatoms. The van der Waals surface area contributed by atoms with E-state index < -0.39 is 10.8 Å². The summed E-state index contributed by atoms with van der Waals surface area (Å²) in [7, 11) is 0. The summed E-state index contributed by atoms with van der Waals surface area (Å²) in [5.74, 6) is 0.158. The second kappa shape index (κ2) is 8.21. The van der Waals surface area contributed by atoms with Gasteiger partial charge in [0, 0.05) is 11.9 Å². The lowest BCUT2D eigenvalue weighted by molar-refractivity contribution is -0.385. The summed E-state index contributed by atoms with van der Waals surface area (Å²) in [6.07, 6.45) is 5.72. The quantitative estimate of drug-likeness (QED) is 0.356. The van der Waals surface area contributed by atoms with E-state index in [1.165, 1.54) is 16.9 Å². The van der Waals surface area contributed by atoms with Crippen LogP contribution in [0.25, 0.3) is 0 Å². The fraction of sp³-hybridized carbons (Fsp3) is 0.105. The Kier molecular flexibility index (Phi) is 5.31. The Bertz CT molecular complexity index is 1210. The molecule has 3 heterocycles. The summed E-state index contributed by atoms with van der Waals surface area (Å²) in [5.41, 5.74) is 1.43. The summed E-state index contributed by atoms with van der Waals surface area (Å²) in [5, 5.41) is 22.1. The summed E-state index contributed by atoms with van der Waals surface area (Å²) in [4.78, 5) is 22.7. The van der Waals surface area contributed by atoms with Crippen LogP contribution < -0.4 is 5.32 Å². The van der Waals surface area contributed by atoms with Crippen LogP contribution in [0.2, 0.25) is 5.02 Å². The van der Waals surface area contributed by atoms with Gasteiger partial charge in [0.1, 0.15) is 18.2 Å². The summed E-state index contributed by atoms with van der Waals surface area (Å²) >= 11 is 5.88. The van der Waals surface area contributed by atoms with Crippen LogP contribution >= 0.6 is 11.6 Å². The highest BCUT2D eigenvalue weighted by atomic mass is 35.5. The van der Waals surface area contributed by atoms with Crippen LogP contribution in [0.5, 0.6) is 0 Å². The average Bonchev–Trinajstić information content (AvgIpc) is 3.44. The average molecular weight is 427 g/mol. The highest BCUT2D eigenvalue weighted by Gasteiger charge is 2.14. The van der Waals surface area contributed by atoms with E-state index in [0.717, 1.165) is 11.8 Å². The number of rotatable bonds is 7. The molecular weight excluding hydrogens is 412 g/mol. The van der Waals surface area contributed by atoms with Crippen molar-refractivity contribution in [3.63, 3.8) is 0 Å². The molecule has 0 fully saturated rings. The number of amides is 1. The van der Waals surface area contributed by atoms with E-state index in [2.05, 4.69) is 15.5 Å². The van der Waals surface area contributed by atoms with E-state index in [0.29, 0.717) is 23.0 Å². The normalized spacial score (nSPS) is 10.8. The molecule has 0 bridgehead atoms. The molecule has 0 aliphatic carbocycles. The maximum Gasteiger partial charge on any atom is 0.307 e. The van der Waals surface area contributed by atoms with Crippen molar-refractivity contribution < 1.29 is 14.1 Å². The standard InChI is InChI=1S/C19H15ClN6O4/c20-14-7-21-24(10-14)9-13-2-1-3-15(6-13)23-19(27)18-5-4-17(30-18)12-25-11-16(8-22-25)26(28)29/h1-8,10-11H,9,12H2,(H,23,27). The molecule has 10 nitrogen and oxygen atoms in total. The van der Waals surface area contributed by atoms with Crippen LogP contribution in [0.15, 0.2) is 65.6 Å². The Morgan fingerprint density at radius 2 is 1.93 bits per heavy atom. The molecule has 0 spiro atoms.